The van der Waals surface area contributed by atoms with E-state index in [9.17, 15) is 9.59 Å². The van der Waals surface area contributed by atoms with Crippen LogP contribution in [0.5, 0.6) is 23.0 Å². The Balaban J connectivity index is 1.19. The fourth-order valence-electron chi connectivity index (χ4n) is 5.02. The van der Waals surface area contributed by atoms with Crippen molar-refractivity contribution in [2.45, 2.75) is 19.8 Å². The van der Waals surface area contributed by atoms with E-state index in [1.807, 2.05) is 31.2 Å². The number of pyridine rings is 1. The third kappa shape index (κ3) is 8.70. The smallest absolute Gasteiger partial charge is 0.233 e. The maximum atomic E-state index is 12.5. The van der Waals surface area contributed by atoms with Crippen LogP contribution in [0.1, 0.15) is 28.8 Å². The minimum atomic E-state index is -0.515. The van der Waals surface area contributed by atoms with Gasteiger partial charge < -0.3 is 29.6 Å². The number of hydrogen-bond donors (Lipinski definition) is 2. The van der Waals surface area contributed by atoms with Gasteiger partial charge in [0.1, 0.15) is 11.5 Å². The largest absolute Gasteiger partial charge is 0.493 e. The van der Waals surface area contributed by atoms with Crippen LogP contribution in [0.15, 0.2) is 66.9 Å². The van der Waals surface area contributed by atoms with Gasteiger partial charge in [-0.2, -0.15) is 0 Å². The summed E-state index contributed by atoms with van der Waals surface area (Å²) in [6.07, 6.45) is 2.21. The number of carbonyl (C=O) groups excluding carboxylic acids is 2. The second-order valence-electron chi connectivity index (χ2n) is 10.6. The Bertz CT molecular complexity index is 1730. The van der Waals surface area contributed by atoms with Crippen molar-refractivity contribution in [3.63, 3.8) is 0 Å². The predicted molar refractivity (Wildman–Crippen MR) is 182 cm³/mol. The molecule has 0 bridgehead atoms. The van der Waals surface area contributed by atoms with E-state index in [1.165, 1.54) is 0 Å². The summed E-state index contributed by atoms with van der Waals surface area (Å²) >= 11 is 11.8. The van der Waals surface area contributed by atoms with Crippen LogP contribution in [0.25, 0.3) is 10.9 Å². The predicted octanol–water partition coefficient (Wildman–Crippen LogP) is 6.18. The number of morpholine rings is 1. The molecule has 240 valence electrons. The molecule has 5 rings (SSSR count). The Hall–Kier alpha value is -4.29. The van der Waals surface area contributed by atoms with Gasteiger partial charge in [-0.1, -0.05) is 35.9 Å². The van der Waals surface area contributed by atoms with Crippen LogP contribution in [0.3, 0.4) is 0 Å². The molecule has 0 radical (unpaired) electrons. The molecule has 3 aromatic carbocycles. The maximum Gasteiger partial charge on any atom is 0.233 e. The standard InChI is InChI=1S/C34H35ClN4O6S/c1-22-6-3-4-7-24(22)28(40)21-33(41)38-34(46)37-23-8-9-30(26(35)18-23)45-29-10-11-36-27-20-32(31(42-2)19-25(27)29)44-15-5-12-39-13-16-43-17-14-39/h3-4,6-11,18-20H,5,12-17,21H2,1-2H3,(H2,37,38,41,46). The van der Waals surface area contributed by atoms with Crippen LogP contribution >= 0.6 is 23.8 Å². The molecule has 4 aromatic rings. The third-order valence-electron chi connectivity index (χ3n) is 7.40. The molecule has 0 unspecified atom stereocenters. The quantitative estimate of drug-likeness (QED) is 0.0789. The molecule has 0 aliphatic carbocycles. The van der Waals surface area contributed by atoms with Gasteiger partial charge in [-0.3, -0.25) is 19.5 Å². The van der Waals surface area contributed by atoms with Gasteiger partial charge in [-0.15, -0.1) is 0 Å². The van der Waals surface area contributed by atoms with Crippen LogP contribution in [0.2, 0.25) is 5.02 Å². The van der Waals surface area contributed by atoms with Gasteiger partial charge in [0.05, 0.1) is 43.9 Å². The zero-order valence-corrected chi connectivity index (χ0v) is 27.2. The highest BCUT2D eigenvalue weighted by atomic mass is 35.5. The highest BCUT2D eigenvalue weighted by molar-refractivity contribution is 7.80. The van der Waals surface area contributed by atoms with Gasteiger partial charge in [-0.25, -0.2) is 0 Å². The highest BCUT2D eigenvalue weighted by Gasteiger charge is 2.17. The first-order chi connectivity index (χ1) is 22.3. The molecule has 2 heterocycles. The van der Waals surface area contributed by atoms with E-state index in [-0.39, 0.29) is 17.3 Å². The van der Waals surface area contributed by atoms with Crippen molar-refractivity contribution >= 4 is 57.2 Å². The van der Waals surface area contributed by atoms with E-state index < -0.39 is 5.91 Å². The molecule has 46 heavy (non-hydrogen) atoms. The lowest BCUT2D eigenvalue weighted by atomic mass is 10.0. The van der Waals surface area contributed by atoms with Gasteiger partial charge in [0.15, 0.2) is 22.4 Å². The number of nitrogens with one attached hydrogen (secondary N) is 2. The first kappa shape index (κ1) is 33.1. The van der Waals surface area contributed by atoms with E-state index in [0.29, 0.717) is 51.4 Å². The lowest BCUT2D eigenvalue weighted by molar-refractivity contribution is -0.118. The van der Waals surface area contributed by atoms with Gasteiger partial charge in [0.2, 0.25) is 5.91 Å². The molecule has 10 nitrogen and oxygen atoms in total. The lowest BCUT2D eigenvalue weighted by Gasteiger charge is -2.26. The monoisotopic (exact) mass is 662 g/mol. The van der Waals surface area contributed by atoms with Gasteiger partial charge in [-0.05, 0) is 61.5 Å². The second kappa shape index (κ2) is 15.8. The average Bonchev–Trinajstić information content (AvgIpc) is 3.04. The molecule has 1 aromatic heterocycles. The lowest BCUT2D eigenvalue weighted by Crippen LogP contribution is -2.37. The Morgan fingerprint density at radius 3 is 2.59 bits per heavy atom. The molecular weight excluding hydrogens is 628 g/mol. The summed E-state index contributed by atoms with van der Waals surface area (Å²) in [5, 5.41) is 6.53. The van der Waals surface area contributed by atoms with Gasteiger partial charge in [0.25, 0.3) is 0 Å². The number of halogens is 1. The summed E-state index contributed by atoms with van der Waals surface area (Å²) in [5.74, 6) is 1.31. The number of benzene rings is 3. The number of rotatable bonds is 12. The number of aromatic nitrogens is 1. The molecule has 1 amide bonds. The second-order valence-corrected chi connectivity index (χ2v) is 11.5. The summed E-state index contributed by atoms with van der Waals surface area (Å²) in [4.78, 5) is 31.8. The molecule has 1 aliphatic heterocycles. The van der Waals surface area contributed by atoms with Crippen LogP contribution in [0, 0.1) is 6.92 Å². The number of aryl methyl sites for hydroxylation is 1. The fraction of sp³-hybridized carbons (Fsp3) is 0.294. The molecule has 12 heteroatoms. The SMILES string of the molecule is COc1cc2c(Oc3ccc(NC(=S)NC(=O)CC(=O)c4ccccc4C)cc3Cl)ccnc2cc1OCCCN1CCOCC1. The normalized spacial score (nSPS) is 13.2. The molecule has 1 fully saturated rings. The van der Waals surface area contributed by atoms with Crippen molar-refractivity contribution in [3.05, 3.63) is 83.0 Å². The Labute approximate surface area is 277 Å². The van der Waals surface area contributed by atoms with Crippen molar-refractivity contribution in [3.8, 4) is 23.0 Å². The number of amides is 1. The molecule has 0 saturated carbocycles. The van der Waals surface area contributed by atoms with E-state index in [2.05, 4.69) is 20.5 Å². The van der Waals surface area contributed by atoms with Crippen molar-refractivity contribution in [2.24, 2.45) is 0 Å². The Morgan fingerprint density at radius 1 is 1.02 bits per heavy atom. The van der Waals surface area contributed by atoms with Crippen molar-refractivity contribution in [1.82, 2.24) is 15.2 Å². The summed E-state index contributed by atoms with van der Waals surface area (Å²) in [6.45, 7) is 6.75. The molecule has 1 saturated heterocycles. The number of carbonyl (C=O) groups is 2. The van der Waals surface area contributed by atoms with Gasteiger partial charge in [0, 0.05) is 48.5 Å². The maximum absolute atomic E-state index is 12.5. The van der Waals surface area contributed by atoms with Crippen LogP contribution < -0.4 is 24.8 Å². The summed E-state index contributed by atoms with van der Waals surface area (Å²) in [7, 11) is 1.59. The fourth-order valence-corrected chi connectivity index (χ4v) is 5.48. The third-order valence-corrected chi connectivity index (χ3v) is 7.90. The molecule has 2 N–H and O–H groups in total. The summed E-state index contributed by atoms with van der Waals surface area (Å²) in [5.41, 5.74) is 2.52. The van der Waals surface area contributed by atoms with Crippen LogP contribution in [-0.4, -0.2) is 73.3 Å². The van der Waals surface area contributed by atoms with Crippen molar-refractivity contribution < 1.29 is 28.5 Å². The van der Waals surface area contributed by atoms with E-state index in [4.69, 9.17) is 42.8 Å². The van der Waals surface area contributed by atoms with Crippen LogP contribution in [0.4, 0.5) is 5.69 Å². The van der Waals surface area contributed by atoms with Crippen LogP contribution in [-0.2, 0) is 9.53 Å². The average molecular weight is 663 g/mol. The zero-order valence-electron chi connectivity index (χ0n) is 25.6. The zero-order chi connectivity index (χ0) is 32.5. The van der Waals surface area contributed by atoms with E-state index in [0.717, 1.165) is 50.2 Å². The topological polar surface area (TPSA) is 111 Å². The number of Topliss-reactive ketones (excluding diaryl/α,β-unsaturated/α-hetero) is 1. The summed E-state index contributed by atoms with van der Waals surface area (Å²) < 4.78 is 23.3. The number of nitrogens with zero attached hydrogens (tertiary/aromatic N) is 2. The number of ether oxygens (including phenoxy) is 4. The van der Waals surface area contributed by atoms with E-state index >= 15 is 0 Å². The number of fused-ring (bicyclic) bond motifs is 1. The summed E-state index contributed by atoms with van der Waals surface area (Å²) in [6, 6.07) is 17.6. The number of ketones is 1. The van der Waals surface area contributed by atoms with E-state index in [1.54, 1.807) is 49.7 Å². The number of hydrogen-bond acceptors (Lipinski definition) is 9. The number of methoxy groups -OCH3 is 1. The first-order valence-electron chi connectivity index (χ1n) is 14.9. The Kier molecular flexibility index (Phi) is 11.4. The Morgan fingerprint density at radius 2 is 1.83 bits per heavy atom. The number of thiocarbonyl (C=S) groups is 1. The molecular formula is C34H35ClN4O6S. The molecule has 1 aliphatic rings. The van der Waals surface area contributed by atoms with Crippen molar-refractivity contribution in [1.29, 1.82) is 0 Å². The highest BCUT2D eigenvalue weighted by Crippen LogP contribution is 2.39. The first-order valence-corrected chi connectivity index (χ1v) is 15.7. The molecule has 0 atom stereocenters. The molecule has 0 spiro atoms. The number of anilines is 1. The van der Waals surface area contributed by atoms with Crippen molar-refractivity contribution in [2.75, 3.05) is 51.9 Å². The minimum absolute atomic E-state index is 0.0404. The minimum Gasteiger partial charge on any atom is -0.493 e. The van der Waals surface area contributed by atoms with Gasteiger partial charge >= 0.3 is 0 Å².